The Morgan fingerprint density at radius 2 is 2.11 bits per heavy atom. The van der Waals surface area contributed by atoms with Crippen LogP contribution in [0.5, 0.6) is 5.88 Å². The molecule has 1 amide bonds. The maximum atomic E-state index is 12.7. The van der Waals surface area contributed by atoms with E-state index in [1.165, 1.54) is 10.7 Å². The molecule has 4 aromatic heterocycles. The molecular weight excluding hydrogens is 510 g/mol. The molecule has 38 heavy (non-hydrogen) atoms. The van der Waals surface area contributed by atoms with E-state index in [2.05, 4.69) is 30.8 Å². The monoisotopic (exact) mass is 539 g/mol. The lowest BCUT2D eigenvalue weighted by molar-refractivity contribution is 0.0938. The predicted octanol–water partition coefficient (Wildman–Crippen LogP) is 3.40. The molecule has 0 bridgehead atoms. The fraction of sp³-hybridized carbons (Fsp3) is 0.440. The van der Waals surface area contributed by atoms with Gasteiger partial charge in [0.05, 0.1) is 16.5 Å². The summed E-state index contributed by atoms with van der Waals surface area (Å²) in [5.74, 6) is 0.828. The smallest absolute Gasteiger partial charge is 0.253 e. The number of carbonyl (C=O) groups is 1. The van der Waals surface area contributed by atoms with Gasteiger partial charge in [0, 0.05) is 23.9 Å². The zero-order chi connectivity index (χ0) is 26.9. The number of amides is 1. The van der Waals surface area contributed by atoms with Crippen LogP contribution in [0, 0.1) is 0 Å². The van der Waals surface area contributed by atoms with E-state index >= 15 is 0 Å². The molecule has 1 aliphatic carbocycles. The number of fused-ring (bicyclic) bond motifs is 1. The molecule has 4 heterocycles. The first-order chi connectivity index (χ1) is 18.3. The van der Waals surface area contributed by atoms with E-state index in [-0.39, 0.29) is 35.8 Å². The van der Waals surface area contributed by atoms with E-state index in [1.54, 1.807) is 18.2 Å². The Balaban J connectivity index is 1.34. The Kier molecular flexibility index (Phi) is 7.32. The molecule has 5 rings (SSSR count). The summed E-state index contributed by atoms with van der Waals surface area (Å²) in [5.41, 5.74) is 2.52. The normalized spacial score (nSPS) is 17.7. The molecule has 2 atom stereocenters. The SMILES string of the molecule is CC(C)(C)c1cc2nnc(-c3cc(CO)on3)n2nc1OCc1ccc(C(=O)N[C@H]2CCCC2SO)cn1. The average Bonchev–Trinajstić information content (AvgIpc) is 3.65. The second-order valence-electron chi connectivity index (χ2n) is 10.2. The van der Waals surface area contributed by atoms with Crippen molar-refractivity contribution in [3.05, 3.63) is 53.0 Å². The van der Waals surface area contributed by atoms with Crippen LogP contribution in [-0.4, -0.2) is 56.8 Å². The Morgan fingerprint density at radius 3 is 2.79 bits per heavy atom. The Hall–Kier alpha value is -3.55. The highest BCUT2D eigenvalue weighted by molar-refractivity contribution is 7.94. The summed E-state index contributed by atoms with van der Waals surface area (Å²) in [4.78, 5) is 17.1. The van der Waals surface area contributed by atoms with Gasteiger partial charge in [-0.25, -0.2) is 0 Å². The fourth-order valence-electron chi connectivity index (χ4n) is 4.37. The van der Waals surface area contributed by atoms with E-state index < -0.39 is 0 Å². The average molecular weight is 540 g/mol. The second kappa shape index (κ2) is 10.7. The van der Waals surface area contributed by atoms with Gasteiger partial charge in [0.15, 0.2) is 17.1 Å². The molecule has 1 fully saturated rings. The third kappa shape index (κ3) is 5.35. The quantitative estimate of drug-likeness (QED) is 0.281. The third-order valence-electron chi connectivity index (χ3n) is 6.46. The van der Waals surface area contributed by atoms with Crippen molar-refractivity contribution in [1.29, 1.82) is 0 Å². The minimum atomic E-state index is -0.297. The lowest BCUT2D eigenvalue weighted by Gasteiger charge is -2.21. The lowest BCUT2D eigenvalue weighted by Crippen LogP contribution is -2.38. The van der Waals surface area contributed by atoms with Crippen LogP contribution in [0.15, 0.2) is 35.0 Å². The van der Waals surface area contributed by atoms with Gasteiger partial charge in [-0.1, -0.05) is 32.3 Å². The van der Waals surface area contributed by atoms with Gasteiger partial charge in [-0.2, -0.15) is 4.52 Å². The van der Waals surface area contributed by atoms with Gasteiger partial charge in [-0.3, -0.25) is 9.78 Å². The van der Waals surface area contributed by atoms with E-state index in [9.17, 15) is 14.5 Å². The summed E-state index contributed by atoms with van der Waals surface area (Å²) < 4.78 is 22.1. The number of pyridine rings is 1. The Labute approximate surface area is 223 Å². The van der Waals surface area contributed by atoms with Crippen molar-refractivity contribution in [3.8, 4) is 17.4 Å². The highest BCUT2D eigenvalue weighted by Gasteiger charge is 2.29. The molecule has 0 radical (unpaired) electrons. The summed E-state index contributed by atoms with van der Waals surface area (Å²) in [6.07, 6.45) is 4.24. The van der Waals surface area contributed by atoms with Crippen LogP contribution in [0.25, 0.3) is 17.2 Å². The summed E-state index contributed by atoms with van der Waals surface area (Å²) in [7, 11) is 0. The van der Waals surface area contributed by atoms with Crippen molar-refractivity contribution in [2.45, 2.75) is 70.0 Å². The van der Waals surface area contributed by atoms with Crippen molar-refractivity contribution in [3.63, 3.8) is 0 Å². The van der Waals surface area contributed by atoms with Crippen LogP contribution in [0.1, 0.15) is 67.4 Å². The van der Waals surface area contributed by atoms with Gasteiger partial charge in [-0.05, 0) is 48.5 Å². The number of aromatic nitrogens is 6. The topological polar surface area (TPSA) is 161 Å². The zero-order valence-corrected chi connectivity index (χ0v) is 22.1. The number of nitrogens with one attached hydrogen (secondary N) is 1. The van der Waals surface area contributed by atoms with E-state index in [4.69, 9.17) is 9.26 Å². The maximum Gasteiger partial charge on any atom is 0.253 e. The number of aliphatic hydroxyl groups is 1. The van der Waals surface area contributed by atoms with Gasteiger partial charge in [0.2, 0.25) is 11.7 Å². The van der Waals surface area contributed by atoms with Crippen molar-refractivity contribution < 1.29 is 23.7 Å². The Morgan fingerprint density at radius 1 is 1.26 bits per heavy atom. The van der Waals surface area contributed by atoms with Gasteiger partial charge in [-0.15, -0.1) is 15.3 Å². The third-order valence-corrected chi connectivity index (χ3v) is 7.29. The minimum absolute atomic E-state index is 0.0219. The largest absolute Gasteiger partial charge is 0.470 e. The number of nitrogens with zero attached hydrogens (tertiary/aromatic N) is 6. The molecule has 4 aromatic rings. The molecule has 13 heteroatoms. The number of carbonyl (C=O) groups excluding carboxylic acids is 1. The van der Waals surface area contributed by atoms with E-state index in [1.807, 2.05) is 26.8 Å². The van der Waals surface area contributed by atoms with Gasteiger partial charge < -0.3 is 24.2 Å². The van der Waals surface area contributed by atoms with Crippen LogP contribution in [-0.2, 0) is 18.6 Å². The molecule has 0 aromatic carbocycles. The first-order valence-corrected chi connectivity index (χ1v) is 13.1. The maximum absolute atomic E-state index is 12.7. The second-order valence-corrected chi connectivity index (χ2v) is 11.0. The first kappa shape index (κ1) is 26.1. The van der Waals surface area contributed by atoms with Crippen molar-refractivity contribution >= 4 is 23.6 Å². The zero-order valence-electron chi connectivity index (χ0n) is 21.3. The summed E-state index contributed by atoms with van der Waals surface area (Å²) >= 11 is 0.810. The molecule has 1 unspecified atom stereocenters. The number of aliphatic hydroxyl groups excluding tert-OH is 1. The van der Waals surface area contributed by atoms with E-state index in [0.717, 1.165) is 36.9 Å². The number of hydrogen-bond donors (Lipinski definition) is 3. The number of rotatable bonds is 8. The Bertz CT molecular complexity index is 1430. The van der Waals surface area contributed by atoms with Crippen LogP contribution in [0.3, 0.4) is 0 Å². The summed E-state index contributed by atoms with van der Waals surface area (Å²) in [5, 5.41) is 29.3. The number of ether oxygens (including phenoxy) is 1. The molecule has 200 valence electrons. The van der Waals surface area contributed by atoms with E-state index in [0.29, 0.717) is 40.1 Å². The molecule has 1 saturated carbocycles. The molecule has 1 aliphatic rings. The predicted molar refractivity (Wildman–Crippen MR) is 139 cm³/mol. The number of hydrogen-bond acceptors (Lipinski definition) is 11. The van der Waals surface area contributed by atoms with Gasteiger partial charge in [0.1, 0.15) is 13.2 Å². The highest BCUT2D eigenvalue weighted by atomic mass is 32.2. The molecule has 0 saturated heterocycles. The molecule has 0 spiro atoms. The van der Waals surface area contributed by atoms with Crippen LogP contribution in [0.2, 0.25) is 0 Å². The van der Waals surface area contributed by atoms with Crippen LogP contribution >= 0.6 is 12.0 Å². The summed E-state index contributed by atoms with van der Waals surface area (Å²) in [6.45, 7) is 5.99. The van der Waals surface area contributed by atoms with Crippen molar-refractivity contribution in [1.82, 2.24) is 35.3 Å². The van der Waals surface area contributed by atoms with Crippen LogP contribution in [0.4, 0.5) is 0 Å². The highest BCUT2D eigenvalue weighted by Crippen LogP contribution is 2.32. The van der Waals surface area contributed by atoms with Crippen molar-refractivity contribution in [2.24, 2.45) is 0 Å². The molecule has 3 N–H and O–H groups in total. The standard InChI is InChI=1S/C25H29N7O5S/c1-25(2,3)17-10-21-28-29-22(19-9-16(12-33)37-31-19)32(21)30-24(17)36-13-15-8-7-14(11-26-15)23(34)27-18-5-4-6-20(18)38-35/h7-11,18,20,33,35H,4-6,12-13H2,1-3H3,(H,27,34)/t18-,20?/m0/s1. The molecule has 12 nitrogen and oxygen atoms in total. The minimum Gasteiger partial charge on any atom is -0.470 e. The molecular formula is C25H29N7O5S. The van der Waals surface area contributed by atoms with Crippen molar-refractivity contribution in [2.75, 3.05) is 0 Å². The summed E-state index contributed by atoms with van der Waals surface area (Å²) in [6, 6.07) is 6.85. The van der Waals surface area contributed by atoms with Crippen LogP contribution < -0.4 is 10.1 Å². The van der Waals surface area contributed by atoms with Gasteiger partial charge >= 0.3 is 0 Å². The molecule has 0 aliphatic heterocycles. The first-order valence-electron chi connectivity index (χ1n) is 12.3. The fourth-order valence-corrected chi connectivity index (χ4v) is 4.99. The lowest BCUT2D eigenvalue weighted by atomic mass is 9.88. The van der Waals surface area contributed by atoms with Gasteiger partial charge in [0.25, 0.3) is 5.91 Å².